The first-order chi connectivity index (χ1) is 11.7. The van der Waals surface area contributed by atoms with Gasteiger partial charge >= 0.3 is 0 Å². The summed E-state index contributed by atoms with van der Waals surface area (Å²) in [5.41, 5.74) is 2.03. The van der Waals surface area contributed by atoms with Crippen molar-refractivity contribution in [3.8, 4) is 0 Å². The summed E-state index contributed by atoms with van der Waals surface area (Å²) in [4.78, 5) is 12.9. The lowest BCUT2D eigenvalue weighted by atomic mass is 9.68. The van der Waals surface area contributed by atoms with Crippen LogP contribution >= 0.6 is 0 Å². The second-order valence-electron chi connectivity index (χ2n) is 6.69. The van der Waals surface area contributed by atoms with Gasteiger partial charge in [-0.15, -0.1) is 0 Å². The molecule has 0 spiro atoms. The minimum absolute atomic E-state index is 0.0181. The van der Waals surface area contributed by atoms with Gasteiger partial charge in [0.15, 0.2) is 0 Å². The van der Waals surface area contributed by atoms with Gasteiger partial charge in [0.1, 0.15) is 0 Å². The lowest BCUT2D eigenvalue weighted by Crippen LogP contribution is -2.49. The van der Waals surface area contributed by atoms with E-state index in [0.29, 0.717) is 6.61 Å². The van der Waals surface area contributed by atoms with Gasteiger partial charge in [-0.3, -0.25) is 4.79 Å². The molecule has 1 fully saturated rings. The van der Waals surface area contributed by atoms with Crippen molar-refractivity contribution in [3.05, 3.63) is 71.8 Å². The molecule has 24 heavy (non-hydrogen) atoms. The smallest absolute Gasteiger partial charge is 0.229 e. The van der Waals surface area contributed by atoms with E-state index >= 15 is 0 Å². The normalized spacial score (nSPS) is 16.9. The molecule has 1 aliphatic rings. The first-order valence-electron chi connectivity index (χ1n) is 8.62. The maximum atomic E-state index is 12.9. The number of benzene rings is 2. The Morgan fingerprint density at radius 2 is 1.71 bits per heavy atom. The van der Waals surface area contributed by atoms with E-state index in [1.807, 2.05) is 36.4 Å². The molecule has 126 valence electrons. The summed E-state index contributed by atoms with van der Waals surface area (Å²) in [6.07, 6.45) is 3.73. The van der Waals surface area contributed by atoms with Gasteiger partial charge in [0.25, 0.3) is 0 Å². The highest BCUT2D eigenvalue weighted by Gasteiger charge is 2.44. The van der Waals surface area contributed by atoms with Crippen LogP contribution in [0, 0.1) is 5.41 Å². The minimum atomic E-state index is -0.335. The maximum Gasteiger partial charge on any atom is 0.229 e. The van der Waals surface area contributed by atoms with Crippen molar-refractivity contribution in [1.29, 1.82) is 0 Å². The number of amides is 1. The molecule has 1 N–H and O–H groups in total. The number of nitrogens with one attached hydrogen (secondary N) is 1. The third-order valence-corrected chi connectivity index (χ3v) is 5.00. The predicted molar refractivity (Wildman–Crippen MR) is 95.6 cm³/mol. The van der Waals surface area contributed by atoms with Crippen LogP contribution in [0.1, 0.15) is 36.4 Å². The fraction of sp³-hybridized carbons (Fsp3) is 0.381. The van der Waals surface area contributed by atoms with E-state index in [0.717, 1.165) is 31.2 Å². The molecule has 1 saturated carbocycles. The van der Waals surface area contributed by atoms with Crippen molar-refractivity contribution < 1.29 is 9.53 Å². The Balaban J connectivity index is 1.78. The van der Waals surface area contributed by atoms with E-state index in [9.17, 15) is 4.79 Å². The molecule has 1 atom stereocenters. The van der Waals surface area contributed by atoms with Crippen LogP contribution in [0.5, 0.6) is 0 Å². The molecule has 0 bridgehead atoms. The minimum Gasteiger partial charge on any atom is -0.384 e. The fourth-order valence-corrected chi connectivity index (χ4v) is 3.42. The summed E-state index contributed by atoms with van der Waals surface area (Å²) < 4.78 is 5.31. The molecule has 0 unspecified atom stereocenters. The van der Waals surface area contributed by atoms with E-state index in [4.69, 9.17) is 4.74 Å². The van der Waals surface area contributed by atoms with Crippen LogP contribution in [0.25, 0.3) is 0 Å². The summed E-state index contributed by atoms with van der Waals surface area (Å²) in [6, 6.07) is 20.5. The lowest BCUT2D eigenvalue weighted by Gasteiger charge is -2.40. The maximum absolute atomic E-state index is 12.9. The Morgan fingerprint density at radius 3 is 2.25 bits per heavy atom. The zero-order valence-electron chi connectivity index (χ0n) is 14.2. The Hall–Kier alpha value is -2.13. The van der Waals surface area contributed by atoms with Crippen molar-refractivity contribution in [2.45, 2.75) is 31.7 Å². The fourth-order valence-electron chi connectivity index (χ4n) is 3.42. The molecule has 3 heteroatoms. The molecule has 2 aromatic carbocycles. The topological polar surface area (TPSA) is 38.3 Å². The van der Waals surface area contributed by atoms with Gasteiger partial charge in [-0.2, -0.15) is 0 Å². The predicted octanol–water partition coefficient (Wildman–Crippen LogP) is 3.90. The van der Waals surface area contributed by atoms with Crippen LogP contribution in [-0.2, 0) is 16.0 Å². The van der Waals surface area contributed by atoms with Crippen LogP contribution in [0.4, 0.5) is 0 Å². The van der Waals surface area contributed by atoms with Crippen LogP contribution in [-0.4, -0.2) is 19.6 Å². The van der Waals surface area contributed by atoms with E-state index in [1.165, 1.54) is 5.56 Å². The van der Waals surface area contributed by atoms with Crippen LogP contribution < -0.4 is 5.32 Å². The molecule has 0 aromatic heterocycles. The zero-order valence-corrected chi connectivity index (χ0v) is 14.2. The van der Waals surface area contributed by atoms with E-state index in [1.54, 1.807) is 7.11 Å². The number of methoxy groups -OCH3 is 1. The lowest BCUT2D eigenvalue weighted by molar-refractivity contribution is -0.141. The first-order valence-corrected chi connectivity index (χ1v) is 8.62. The third kappa shape index (κ3) is 3.68. The van der Waals surface area contributed by atoms with Gasteiger partial charge in [-0.05, 0) is 30.4 Å². The van der Waals surface area contributed by atoms with Gasteiger partial charge < -0.3 is 10.1 Å². The third-order valence-electron chi connectivity index (χ3n) is 5.00. The molecule has 1 amide bonds. The standard InChI is InChI=1S/C21H25NO2/c1-24-16-21(13-8-14-21)20(23)22-19(18-11-6-3-7-12-18)15-17-9-4-2-5-10-17/h2-7,9-12,19H,8,13-16H2,1H3,(H,22,23)/t19-/m0/s1. The SMILES string of the molecule is COCC1(C(=O)N[C@@H](Cc2ccccc2)c2ccccc2)CCC1. The Labute approximate surface area is 144 Å². The molecular weight excluding hydrogens is 298 g/mol. The molecular formula is C21H25NO2. The van der Waals surface area contributed by atoms with Gasteiger partial charge in [0.2, 0.25) is 5.91 Å². The molecule has 3 nitrogen and oxygen atoms in total. The zero-order chi connectivity index (χ0) is 16.8. The quantitative estimate of drug-likeness (QED) is 0.839. The molecule has 1 aliphatic carbocycles. The van der Waals surface area contributed by atoms with E-state index < -0.39 is 0 Å². The van der Waals surface area contributed by atoms with Crippen molar-refractivity contribution >= 4 is 5.91 Å². The van der Waals surface area contributed by atoms with Gasteiger partial charge in [0.05, 0.1) is 18.1 Å². The van der Waals surface area contributed by atoms with Crippen LogP contribution in [0.2, 0.25) is 0 Å². The number of carbonyl (C=O) groups excluding carboxylic acids is 1. The van der Waals surface area contributed by atoms with Crippen LogP contribution in [0.3, 0.4) is 0 Å². The van der Waals surface area contributed by atoms with E-state index in [2.05, 4.69) is 29.6 Å². The number of carbonyl (C=O) groups is 1. The average molecular weight is 323 g/mol. The summed E-state index contributed by atoms with van der Waals surface area (Å²) in [6.45, 7) is 0.506. The highest BCUT2D eigenvalue weighted by Crippen LogP contribution is 2.41. The second-order valence-corrected chi connectivity index (χ2v) is 6.69. The molecule has 2 aromatic rings. The average Bonchev–Trinajstić information content (AvgIpc) is 2.59. The molecule has 3 rings (SSSR count). The Kier molecular flexibility index (Phi) is 5.31. The molecule has 0 aliphatic heterocycles. The van der Waals surface area contributed by atoms with Gasteiger partial charge in [-0.1, -0.05) is 67.1 Å². The summed E-state index contributed by atoms with van der Waals surface area (Å²) in [5, 5.41) is 3.29. The number of rotatable bonds is 7. The van der Waals surface area contributed by atoms with Crippen molar-refractivity contribution in [1.82, 2.24) is 5.32 Å². The number of hydrogen-bond donors (Lipinski definition) is 1. The highest BCUT2D eigenvalue weighted by molar-refractivity contribution is 5.84. The van der Waals surface area contributed by atoms with Gasteiger partial charge in [0, 0.05) is 7.11 Å². The number of hydrogen-bond acceptors (Lipinski definition) is 2. The number of ether oxygens (including phenoxy) is 1. The summed E-state index contributed by atoms with van der Waals surface area (Å²) in [7, 11) is 1.67. The second kappa shape index (κ2) is 7.63. The summed E-state index contributed by atoms with van der Waals surface area (Å²) >= 11 is 0. The van der Waals surface area contributed by atoms with Crippen molar-refractivity contribution in [2.24, 2.45) is 5.41 Å². The molecule has 0 heterocycles. The Bertz CT molecular complexity index is 650. The summed E-state index contributed by atoms with van der Waals surface area (Å²) in [5.74, 6) is 0.125. The largest absolute Gasteiger partial charge is 0.384 e. The van der Waals surface area contributed by atoms with E-state index in [-0.39, 0.29) is 17.4 Å². The first kappa shape index (κ1) is 16.7. The van der Waals surface area contributed by atoms with Crippen molar-refractivity contribution in [3.63, 3.8) is 0 Å². The highest BCUT2D eigenvalue weighted by atomic mass is 16.5. The van der Waals surface area contributed by atoms with Crippen molar-refractivity contribution in [2.75, 3.05) is 13.7 Å². The monoisotopic (exact) mass is 323 g/mol. The Morgan fingerprint density at radius 1 is 1.08 bits per heavy atom. The van der Waals surface area contributed by atoms with Crippen LogP contribution in [0.15, 0.2) is 60.7 Å². The molecule has 0 radical (unpaired) electrons. The molecule has 0 saturated heterocycles. The van der Waals surface area contributed by atoms with Gasteiger partial charge in [-0.25, -0.2) is 0 Å².